The van der Waals surface area contributed by atoms with Crippen LogP contribution < -0.4 is 15.6 Å². The Bertz CT molecular complexity index is 1590. The average molecular weight is 568 g/mol. The number of nitrogens with zero attached hydrogens (tertiary/aromatic N) is 4. The first-order chi connectivity index (χ1) is 17.8. The Morgan fingerprint density at radius 2 is 2.00 bits per heavy atom. The number of nitrogens with one attached hydrogen (secondary N) is 1. The van der Waals surface area contributed by atoms with Gasteiger partial charge in [0.2, 0.25) is 5.75 Å². The van der Waals surface area contributed by atoms with Crippen LogP contribution in [0.15, 0.2) is 75.0 Å². The number of benzene rings is 3. The van der Waals surface area contributed by atoms with Gasteiger partial charge in [0.25, 0.3) is 11.5 Å². The van der Waals surface area contributed by atoms with E-state index in [0.717, 1.165) is 4.68 Å². The van der Waals surface area contributed by atoms with Crippen LogP contribution in [0, 0.1) is 15.9 Å². The summed E-state index contributed by atoms with van der Waals surface area (Å²) in [6, 6.07) is 14.4. The van der Waals surface area contributed by atoms with E-state index < -0.39 is 28.8 Å². The van der Waals surface area contributed by atoms with E-state index in [0.29, 0.717) is 33.3 Å². The molecule has 0 aliphatic carbocycles. The normalized spacial score (nSPS) is 11.1. The molecule has 12 heteroatoms. The van der Waals surface area contributed by atoms with E-state index in [1.54, 1.807) is 18.2 Å². The Morgan fingerprint density at radius 3 is 2.70 bits per heavy atom. The molecule has 0 aliphatic heterocycles. The van der Waals surface area contributed by atoms with Crippen molar-refractivity contribution in [3.05, 3.63) is 103 Å². The molecule has 10 nitrogen and oxygen atoms in total. The van der Waals surface area contributed by atoms with Crippen LogP contribution in [0.1, 0.15) is 18.3 Å². The van der Waals surface area contributed by atoms with Gasteiger partial charge in [0.15, 0.2) is 6.61 Å². The number of para-hydroxylation sites is 1. The van der Waals surface area contributed by atoms with Gasteiger partial charge in [0.1, 0.15) is 11.6 Å². The Morgan fingerprint density at radius 1 is 1.24 bits per heavy atom. The van der Waals surface area contributed by atoms with Crippen LogP contribution in [-0.2, 0) is 11.2 Å². The maximum absolute atomic E-state index is 13.1. The maximum atomic E-state index is 13.1. The van der Waals surface area contributed by atoms with E-state index in [4.69, 9.17) is 4.74 Å². The number of fused-ring (bicyclic) bond motifs is 1. The van der Waals surface area contributed by atoms with Gasteiger partial charge in [-0.1, -0.05) is 28.9 Å². The predicted molar refractivity (Wildman–Crippen MR) is 140 cm³/mol. The lowest BCUT2D eigenvalue weighted by atomic mass is 10.2. The van der Waals surface area contributed by atoms with Crippen LogP contribution in [-0.4, -0.2) is 33.3 Å². The average Bonchev–Trinajstić information content (AvgIpc) is 2.88. The van der Waals surface area contributed by atoms with Crippen LogP contribution in [0.3, 0.4) is 0 Å². The third-order valence-corrected chi connectivity index (χ3v) is 5.69. The molecule has 37 heavy (non-hydrogen) atoms. The fourth-order valence-corrected chi connectivity index (χ4v) is 3.84. The van der Waals surface area contributed by atoms with Crippen LogP contribution >= 0.6 is 15.9 Å². The molecule has 1 N–H and O–H groups in total. The number of amides is 1. The first-order valence-corrected chi connectivity index (χ1v) is 11.8. The molecule has 0 unspecified atom stereocenters. The molecule has 0 aliphatic rings. The van der Waals surface area contributed by atoms with Crippen molar-refractivity contribution in [2.45, 2.75) is 13.3 Å². The van der Waals surface area contributed by atoms with Crippen molar-refractivity contribution in [2.75, 3.05) is 11.9 Å². The van der Waals surface area contributed by atoms with Gasteiger partial charge in [-0.2, -0.15) is 9.78 Å². The molecule has 0 bridgehead atoms. The van der Waals surface area contributed by atoms with Gasteiger partial charge >= 0.3 is 5.69 Å². The number of nitro groups is 1. The summed E-state index contributed by atoms with van der Waals surface area (Å²) in [7, 11) is 0. The number of ether oxygens (including phenoxy) is 1. The van der Waals surface area contributed by atoms with Gasteiger partial charge in [0, 0.05) is 28.2 Å². The fourth-order valence-electron chi connectivity index (χ4n) is 3.48. The summed E-state index contributed by atoms with van der Waals surface area (Å²) < 4.78 is 20.4. The summed E-state index contributed by atoms with van der Waals surface area (Å²) in [5, 5.41) is 18.7. The molecule has 0 radical (unpaired) electrons. The number of aryl methyl sites for hydroxylation is 1. The first kappa shape index (κ1) is 25.6. The molecule has 0 fully saturated rings. The summed E-state index contributed by atoms with van der Waals surface area (Å²) in [6.45, 7) is 1.26. The standard InChI is InChI=1S/C25H19BrFN5O5/c1-2-22-30-20-11-6-16(26)12-19(20)25(34)31(22)28-13-15-4-3-5-21(32(35)36)24(15)37-14-23(33)29-18-9-7-17(27)8-10-18/h3-13H,2,14H2,1H3,(H,29,33). The second-order valence-corrected chi connectivity index (χ2v) is 8.62. The molecule has 1 aromatic heterocycles. The van der Waals surface area contributed by atoms with Crippen molar-refractivity contribution in [1.29, 1.82) is 0 Å². The molecule has 188 valence electrons. The number of aromatic nitrogens is 2. The summed E-state index contributed by atoms with van der Waals surface area (Å²) >= 11 is 3.34. The monoisotopic (exact) mass is 567 g/mol. The van der Waals surface area contributed by atoms with Crippen molar-refractivity contribution < 1.29 is 18.8 Å². The number of nitro benzene ring substituents is 1. The number of carbonyl (C=O) groups is 1. The molecule has 1 heterocycles. The highest BCUT2D eigenvalue weighted by atomic mass is 79.9. The van der Waals surface area contributed by atoms with E-state index in [1.165, 1.54) is 48.7 Å². The van der Waals surface area contributed by atoms with Crippen LogP contribution in [0.5, 0.6) is 5.75 Å². The quantitative estimate of drug-likeness (QED) is 0.187. The number of anilines is 1. The van der Waals surface area contributed by atoms with Crippen molar-refractivity contribution in [2.24, 2.45) is 5.10 Å². The predicted octanol–water partition coefficient (Wildman–Crippen LogP) is 4.67. The minimum atomic E-state index is -0.650. The van der Waals surface area contributed by atoms with Crippen molar-refractivity contribution >= 4 is 50.3 Å². The Labute approximate surface area is 217 Å². The number of rotatable bonds is 8. The lowest BCUT2D eigenvalue weighted by molar-refractivity contribution is -0.385. The molecule has 0 spiro atoms. The Kier molecular flexibility index (Phi) is 7.68. The van der Waals surface area contributed by atoms with Gasteiger partial charge in [-0.15, -0.1) is 0 Å². The second-order valence-electron chi connectivity index (χ2n) is 7.70. The summed E-state index contributed by atoms with van der Waals surface area (Å²) in [4.78, 5) is 40.9. The van der Waals surface area contributed by atoms with Crippen molar-refractivity contribution in [1.82, 2.24) is 9.66 Å². The molecule has 0 atom stereocenters. The van der Waals surface area contributed by atoms with Gasteiger partial charge in [-0.05, 0) is 48.5 Å². The zero-order valence-corrected chi connectivity index (χ0v) is 20.9. The minimum Gasteiger partial charge on any atom is -0.476 e. The van der Waals surface area contributed by atoms with Crippen molar-refractivity contribution in [3.8, 4) is 5.75 Å². The molecule has 1 amide bonds. The van der Waals surface area contributed by atoms with E-state index in [1.807, 2.05) is 6.92 Å². The highest BCUT2D eigenvalue weighted by Gasteiger charge is 2.20. The van der Waals surface area contributed by atoms with E-state index in [2.05, 4.69) is 31.3 Å². The smallest absolute Gasteiger partial charge is 0.311 e. The van der Waals surface area contributed by atoms with E-state index in [-0.39, 0.29) is 17.0 Å². The van der Waals surface area contributed by atoms with Crippen LogP contribution in [0.4, 0.5) is 15.8 Å². The fraction of sp³-hybridized carbons (Fsp3) is 0.120. The minimum absolute atomic E-state index is 0.173. The molecule has 0 saturated carbocycles. The number of halogens is 2. The third-order valence-electron chi connectivity index (χ3n) is 5.20. The molecule has 3 aromatic carbocycles. The van der Waals surface area contributed by atoms with Crippen LogP contribution in [0.2, 0.25) is 0 Å². The lowest BCUT2D eigenvalue weighted by Gasteiger charge is -2.11. The number of hydrogen-bond acceptors (Lipinski definition) is 7. The van der Waals surface area contributed by atoms with E-state index >= 15 is 0 Å². The second kappa shape index (κ2) is 11.1. The van der Waals surface area contributed by atoms with Gasteiger partial charge in [0.05, 0.1) is 22.0 Å². The molecular weight excluding hydrogens is 549 g/mol. The van der Waals surface area contributed by atoms with E-state index in [9.17, 15) is 24.1 Å². The lowest BCUT2D eigenvalue weighted by Crippen LogP contribution is -2.22. The molecular formula is C25H19BrFN5O5. The molecule has 4 rings (SSSR count). The SMILES string of the molecule is CCc1nc2ccc(Br)cc2c(=O)n1N=Cc1cccc([N+](=O)[O-])c1OCC(=O)Nc1ccc(F)cc1. The number of carbonyl (C=O) groups excluding carboxylic acids is 1. The summed E-state index contributed by atoms with van der Waals surface area (Å²) in [5.41, 5.74) is 0.226. The van der Waals surface area contributed by atoms with Crippen LogP contribution in [0.25, 0.3) is 10.9 Å². The highest BCUT2D eigenvalue weighted by Crippen LogP contribution is 2.30. The first-order valence-electron chi connectivity index (χ1n) is 11.0. The number of hydrogen-bond donors (Lipinski definition) is 1. The maximum Gasteiger partial charge on any atom is 0.311 e. The van der Waals surface area contributed by atoms with Gasteiger partial charge < -0.3 is 10.1 Å². The Balaban J connectivity index is 1.66. The Hall–Kier alpha value is -4.45. The summed E-state index contributed by atoms with van der Waals surface area (Å²) in [6.07, 6.45) is 1.65. The topological polar surface area (TPSA) is 129 Å². The third kappa shape index (κ3) is 5.86. The highest BCUT2D eigenvalue weighted by molar-refractivity contribution is 9.10. The van der Waals surface area contributed by atoms with Gasteiger partial charge in [-0.3, -0.25) is 19.7 Å². The largest absolute Gasteiger partial charge is 0.476 e. The van der Waals surface area contributed by atoms with Crippen molar-refractivity contribution in [3.63, 3.8) is 0 Å². The zero-order chi connectivity index (χ0) is 26.5. The molecule has 4 aromatic rings. The van der Waals surface area contributed by atoms with Gasteiger partial charge in [-0.25, -0.2) is 9.37 Å². The summed E-state index contributed by atoms with van der Waals surface area (Å²) in [5.74, 6) is -0.880. The molecule has 0 saturated heterocycles. The zero-order valence-electron chi connectivity index (χ0n) is 19.4.